The second kappa shape index (κ2) is 4.07. The van der Waals surface area contributed by atoms with Gasteiger partial charge in [0.2, 0.25) is 0 Å². The highest BCUT2D eigenvalue weighted by Crippen LogP contribution is 2.33. The second-order valence-electron chi connectivity index (χ2n) is 3.86. The lowest BCUT2D eigenvalue weighted by Gasteiger charge is -1.97. The lowest BCUT2D eigenvalue weighted by molar-refractivity contribution is 0.0691. The number of hydrogen-bond acceptors (Lipinski definition) is 2. The molecule has 2 heterocycles. The molecule has 90 valence electrons. The van der Waals surface area contributed by atoms with Crippen molar-refractivity contribution in [3.8, 4) is 0 Å². The standard InChI is InChI=1S/C12H6Br2N2O2/c13-5-1-7-6-3-9(12(17)18)15-4-10(6)16-11(7)8(14)2-5/h1-4,16H,(H,17,18). The minimum atomic E-state index is -1.03. The average molecular weight is 370 g/mol. The maximum absolute atomic E-state index is 10.9. The van der Waals surface area contributed by atoms with E-state index in [-0.39, 0.29) is 5.69 Å². The van der Waals surface area contributed by atoms with Crippen molar-refractivity contribution in [3.63, 3.8) is 0 Å². The molecule has 0 atom stereocenters. The first-order valence-electron chi connectivity index (χ1n) is 5.06. The summed E-state index contributed by atoms with van der Waals surface area (Å²) in [6, 6.07) is 5.46. The van der Waals surface area contributed by atoms with E-state index in [2.05, 4.69) is 41.8 Å². The van der Waals surface area contributed by atoms with Gasteiger partial charge in [-0.15, -0.1) is 0 Å². The molecule has 0 amide bonds. The third-order valence-corrected chi connectivity index (χ3v) is 3.81. The Balaban J connectivity index is 2.47. The van der Waals surface area contributed by atoms with E-state index in [0.717, 1.165) is 30.8 Å². The molecule has 4 nitrogen and oxygen atoms in total. The van der Waals surface area contributed by atoms with E-state index in [1.165, 1.54) is 0 Å². The molecular formula is C12H6Br2N2O2. The van der Waals surface area contributed by atoms with Gasteiger partial charge in [0.15, 0.2) is 0 Å². The molecule has 6 heteroatoms. The molecule has 2 N–H and O–H groups in total. The number of fused-ring (bicyclic) bond motifs is 3. The summed E-state index contributed by atoms with van der Waals surface area (Å²) in [7, 11) is 0. The fraction of sp³-hybridized carbons (Fsp3) is 0. The van der Waals surface area contributed by atoms with Crippen LogP contribution in [0.25, 0.3) is 21.8 Å². The zero-order valence-corrected chi connectivity index (χ0v) is 12.0. The van der Waals surface area contributed by atoms with E-state index in [0.29, 0.717) is 0 Å². The van der Waals surface area contributed by atoms with Crippen molar-refractivity contribution in [2.75, 3.05) is 0 Å². The van der Waals surface area contributed by atoms with Gasteiger partial charge in [0.25, 0.3) is 0 Å². The van der Waals surface area contributed by atoms with Crippen molar-refractivity contribution >= 4 is 59.6 Å². The quantitative estimate of drug-likeness (QED) is 0.682. The van der Waals surface area contributed by atoms with Crippen molar-refractivity contribution in [2.45, 2.75) is 0 Å². The number of carbonyl (C=O) groups is 1. The maximum Gasteiger partial charge on any atom is 0.354 e. The number of carboxylic acids is 1. The molecule has 0 radical (unpaired) electrons. The number of nitrogens with one attached hydrogen (secondary N) is 1. The van der Waals surface area contributed by atoms with Crippen molar-refractivity contribution in [3.05, 3.63) is 39.0 Å². The third-order valence-electron chi connectivity index (χ3n) is 2.73. The number of aromatic nitrogens is 2. The van der Waals surface area contributed by atoms with Crippen molar-refractivity contribution in [1.82, 2.24) is 9.97 Å². The summed E-state index contributed by atoms with van der Waals surface area (Å²) >= 11 is 6.90. The van der Waals surface area contributed by atoms with E-state index in [4.69, 9.17) is 5.11 Å². The van der Waals surface area contributed by atoms with E-state index >= 15 is 0 Å². The number of H-pyrrole nitrogens is 1. The van der Waals surface area contributed by atoms with Crippen LogP contribution in [-0.2, 0) is 0 Å². The van der Waals surface area contributed by atoms with E-state index < -0.39 is 5.97 Å². The topological polar surface area (TPSA) is 66.0 Å². The molecule has 0 spiro atoms. The fourth-order valence-electron chi connectivity index (χ4n) is 1.94. The van der Waals surface area contributed by atoms with Crippen LogP contribution in [-0.4, -0.2) is 21.0 Å². The monoisotopic (exact) mass is 368 g/mol. The Hall–Kier alpha value is -1.40. The van der Waals surface area contributed by atoms with Crippen molar-refractivity contribution in [2.24, 2.45) is 0 Å². The number of nitrogens with zero attached hydrogens (tertiary/aromatic N) is 1. The molecule has 0 unspecified atom stereocenters. The summed E-state index contributed by atoms with van der Waals surface area (Å²) in [6.45, 7) is 0. The summed E-state index contributed by atoms with van der Waals surface area (Å²) in [5.74, 6) is -1.03. The lowest BCUT2D eigenvalue weighted by atomic mass is 10.1. The number of carboxylic acid groups (broad SMARTS) is 1. The van der Waals surface area contributed by atoms with Gasteiger partial charge in [-0.3, -0.25) is 0 Å². The van der Waals surface area contributed by atoms with Crippen LogP contribution in [0.1, 0.15) is 10.5 Å². The van der Waals surface area contributed by atoms with Crippen LogP contribution in [0.5, 0.6) is 0 Å². The molecule has 2 aromatic heterocycles. The number of hydrogen-bond donors (Lipinski definition) is 2. The van der Waals surface area contributed by atoms with Crippen molar-refractivity contribution < 1.29 is 9.90 Å². The Bertz CT molecular complexity index is 795. The molecule has 0 fully saturated rings. The third kappa shape index (κ3) is 1.72. The predicted molar refractivity (Wildman–Crippen MR) is 76.0 cm³/mol. The smallest absolute Gasteiger partial charge is 0.354 e. The first kappa shape index (κ1) is 11.7. The van der Waals surface area contributed by atoms with Gasteiger partial charge in [-0.05, 0) is 34.1 Å². The Morgan fingerprint density at radius 1 is 1.22 bits per heavy atom. The Morgan fingerprint density at radius 2 is 2.00 bits per heavy atom. The highest BCUT2D eigenvalue weighted by atomic mass is 79.9. The molecule has 0 aliphatic heterocycles. The van der Waals surface area contributed by atoms with Crippen LogP contribution in [0.3, 0.4) is 0 Å². The minimum Gasteiger partial charge on any atom is -0.477 e. The van der Waals surface area contributed by atoms with Crippen LogP contribution >= 0.6 is 31.9 Å². The summed E-state index contributed by atoms with van der Waals surface area (Å²) in [5.41, 5.74) is 1.78. The highest BCUT2D eigenvalue weighted by Gasteiger charge is 2.12. The first-order chi connectivity index (χ1) is 8.56. The van der Waals surface area contributed by atoms with Crippen LogP contribution in [0.4, 0.5) is 0 Å². The van der Waals surface area contributed by atoms with Crippen LogP contribution < -0.4 is 0 Å². The number of pyridine rings is 1. The molecular weight excluding hydrogens is 364 g/mol. The lowest BCUT2D eigenvalue weighted by Crippen LogP contribution is -1.98. The number of benzene rings is 1. The van der Waals surface area contributed by atoms with Gasteiger partial charge in [0.1, 0.15) is 5.69 Å². The summed E-state index contributed by atoms with van der Waals surface area (Å²) in [4.78, 5) is 18.1. The van der Waals surface area contributed by atoms with Gasteiger partial charge in [-0.2, -0.15) is 0 Å². The van der Waals surface area contributed by atoms with Gasteiger partial charge >= 0.3 is 5.97 Å². The largest absolute Gasteiger partial charge is 0.477 e. The van der Waals surface area contributed by atoms with E-state index in [1.54, 1.807) is 12.3 Å². The van der Waals surface area contributed by atoms with Gasteiger partial charge < -0.3 is 10.1 Å². The molecule has 0 aliphatic rings. The van der Waals surface area contributed by atoms with Crippen LogP contribution in [0.2, 0.25) is 0 Å². The molecule has 3 aromatic rings. The van der Waals surface area contributed by atoms with Gasteiger partial charge in [-0.1, -0.05) is 15.9 Å². The molecule has 0 saturated carbocycles. The average Bonchev–Trinajstić information content (AvgIpc) is 2.67. The number of rotatable bonds is 1. The zero-order chi connectivity index (χ0) is 12.9. The molecule has 0 saturated heterocycles. The maximum atomic E-state index is 10.9. The Morgan fingerprint density at radius 3 is 2.72 bits per heavy atom. The normalized spacial score (nSPS) is 11.2. The molecule has 0 bridgehead atoms. The molecule has 0 aliphatic carbocycles. The predicted octanol–water partition coefficient (Wildman–Crippen LogP) is 3.94. The first-order valence-corrected chi connectivity index (χ1v) is 6.64. The SMILES string of the molecule is O=C(O)c1cc2c(cn1)[nH]c1c(Br)cc(Br)cc12. The molecule has 18 heavy (non-hydrogen) atoms. The van der Waals surface area contributed by atoms with Gasteiger partial charge in [0.05, 0.1) is 17.2 Å². The highest BCUT2D eigenvalue weighted by molar-refractivity contribution is 9.11. The van der Waals surface area contributed by atoms with Crippen LogP contribution in [0.15, 0.2) is 33.3 Å². The van der Waals surface area contributed by atoms with Crippen molar-refractivity contribution in [1.29, 1.82) is 0 Å². The number of aromatic amines is 1. The Kier molecular flexibility index (Phi) is 2.64. The minimum absolute atomic E-state index is 0.0412. The molecule has 3 rings (SSSR count). The van der Waals surface area contributed by atoms with Gasteiger partial charge in [-0.25, -0.2) is 9.78 Å². The fourth-order valence-corrected chi connectivity index (χ4v) is 3.27. The van der Waals surface area contributed by atoms with E-state index in [9.17, 15) is 4.79 Å². The second-order valence-corrected chi connectivity index (χ2v) is 5.63. The Labute approximate surface area is 118 Å². The summed E-state index contributed by atoms with van der Waals surface area (Å²) in [6.07, 6.45) is 1.54. The number of halogens is 2. The van der Waals surface area contributed by atoms with Gasteiger partial charge in [0, 0.05) is 19.7 Å². The zero-order valence-electron chi connectivity index (χ0n) is 8.87. The van der Waals surface area contributed by atoms with Crippen LogP contribution in [0, 0.1) is 0 Å². The number of aromatic carboxylic acids is 1. The summed E-state index contributed by atoms with van der Waals surface area (Å²) < 4.78 is 1.84. The van der Waals surface area contributed by atoms with E-state index in [1.807, 2.05) is 12.1 Å². The molecule has 1 aromatic carbocycles. The summed E-state index contributed by atoms with van der Waals surface area (Å²) in [5, 5.41) is 10.8.